The highest BCUT2D eigenvalue weighted by molar-refractivity contribution is 7.99. The molecule has 1 N–H and O–H groups in total. The van der Waals surface area contributed by atoms with E-state index >= 15 is 0 Å². The molecular formula is C12H19N3S2. The molecule has 0 bridgehead atoms. The molecule has 2 aliphatic carbocycles. The lowest BCUT2D eigenvalue weighted by molar-refractivity contribution is 0.754. The van der Waals surface area contributed by atoms with Gasteiger partial charge in [-0.05, 0) is 37.9 Å². The Morgan fingerprint density at radius 1 is 1.35 bits per heavy atom. The van der Waals surface area contributed by atoms with Crippen LogP contribution in [0.15, 0.2) is 0 Å². The minimum absolute atomic E-state index is 0.624. The minimum Gasteiger partial charge on any atom is -0.358 e. The van der Waals surface area contributed by atoms with Crippen LogP contribution >= 0.6 is 23.3 Å². The quantitative estimate of drug-likeness (QED) is 0.888. The number of hydrogen-bond donors (Lipinski definition) is 1. The molecule has 0 spiro atoms. The number of rotatable bonds is 5. The van der Waals surface area contributed by atoms with Crippen LogP contribution in [0.4, 0.5) is 5.13 Å². The van der Waals surface area contributed by atoms with E-state index in [1.807, 2.05) is 0 Å². The van der Waals surface area contributed by atoms with E-state index in [1.165, 1.54) is 37.9 Å². The van der Waals surface area contributed by atoms with Crippen molar-refractivity contribution in [3.63, 3.8) is 0 Å². The zero-order valence-electron chi connectivity index (χ0n) is 10.2. The molecule has 1 aromatic heterocycles. The molecule has 2 atom stereocenters. The van der Waals surface area contributed by atoms with Gasteiger partial charge >= 0.3 is 0 Å². The predicted octanol–water partition coefficient (Wildman–Crippen LogP) is 3.50. The Balaban J connectivity index is 1.52. The third-order valence-electron chi connectivity index (χ3n) is 3.50. The van der Waals surface area contributed by atoms with Gasteiger partial charge in [0.05, 0.1) is 0 Å². The third kappa shape index (κ3) is 2.94. The molecule has 0 saturated heterocycles. The fourth-order valence-corrected chi connectivity index (χ4v) is 4.30. The Bertz CT molecular complexity index is 376. The number of hydrogen-bond acceptors (Lipinski definition) is 5. The lowest BCUT2D eigenvalue weighted by Gasteiger charge is -2.11. The van der Waals surface area contributed by atoms with Gasteiger partial charge < -0.3 is 5.32 Å². The van der Waals surface area contributed by atoms with Crippen molar-refractivity contribution < 1.29 is 0 Å². The van der Waals surface area contributed by atoms with Gasteiger partial charge in [0, 0.05) is 28.7 Å². The molecule has 17 heavy (non-hydrogen) atoms. The van der Waals surface area contributed by atoms with E-state index < -0.39 is 0 Å². The smallest absolute Gasteiger partial charge is 0.202 e. The molecule has 2 fully saturated rings. The maximum absolute atomic E-state index is 4.60. The van der Waals surface area contributed by atoms with E-state index in [9.17, 15) is 0 Å². The lowest BCUT2D eigenvalue weighted by atomic mass is 10.3. The summed E-state index contributed by atoms with van der Waals surface area (Å²) in [6, 6.07) is 0.624. The van der Waals surface area contributed by atoms with Crippen molar-refractivity contribution >= 4 is 28.4 Å². The highest BCUT2D eigenvalue weighted by atomic mass is 32.2. The van der Waals surface area contributed by atoms with Gasteiger partial charge in [-0.15, -0.1) is 0 Å². The summed E-state index contributed by atoms with van der Waals surface area (Å²) in [5.74, 6) is 2.99. The van der Waals surface area contributed by atoms with Gasteiger partial charge in [0.2, 0.25) is 5.13 Å². The molecule has 0 amide bonds. The second kappa shape index (κ2) is 5.14. The van der Waals surface area contributed by atoms with Crippen molar-refractivity contribution in [3.05, 3.63) is 5.82 Å². The molecule has 3 nitrogen and oxygen atoms in total. The summed E-state index contributed by atoms with van der Waals surface area (Å²) in [7, 11) is 0. The summed E-state index contributed by atoms with van der Waals surface area (Å²) in [4.78, 5) is 4.60. The van der Waals surface area contributed by atoms with Crippen molar-refractivity contribution in [2.24, 2.45) is 0 Å². The SMILES string of the molecule is CCSC1CCC(Nc2nc(C3CC3)ns2)C1. The van der Waals surface area contributed by atoms with Crippen molar-refractivity contribution in [1.29, 1.82) is 0 Å². The van der Waals surface area contributed by atoms with Crippen LogP contribution < -0.4 is 5.32 Å². The summed E-state index contributed by atoms with van der Waals surface area (Å²) in [6.07, 6.45) is 6.50. The summed E-state index contributed by atoms with van der Waals surface area (Å²) in [5.41, 5.74) is 0. The molecule has 0 radical (unpaired) electrons. The molecule has 2 saturated carbocycles. The van der Waals surface area contributed by atoms with Crippen molar-refractivity contribution in [2.45, 2.75) is 56.2 Å². The first kappa shape index (κ1) is 11.8. The first-order valence-electron chi connectivity index (χ1n) is 6.57. The van der Waals surface area contributed by atoms with E-state index in [-0.39, 0.29) is 0 Å². The largest absolute Gasteiger partial charge is 0.358 e. The molecule has 2 aliphatic rings. The lowest BCUT2D eigenvalue weighted by Crippen LogP contribution is -2.15. The predicted molar refractivity (Wildman–Crippen MR) is 75.1 cm³/mol. The van der Waals surface area contributed by atoms with Crippen molar-refractivity contribution in [2.75, 3.05) is 11.1 Å². The van der Waals surface area contributed by atoms with Crippen LogP contribution in [0.1, 0.15) is 50.8 Å². The van der Waals surface area contributed by atoms with Gasteiger partial charge in [-0.2, -0.15) is 16.1 Å². The van der Waals surface area contributed by atoms with E-state index in [0.29, 0.717) is 12.0 Å². The summed E-state index contributed by atoms with van der Waals surface area (Å²) in [5, 5.41) is 5.46. The molecule has 5 heteroatoms. The number of aromatic nitrogens is 2. The zero-order chi connectivity index (χ0) is 11.7. The van der Waals surface area contributed by atoms with Gasteiger partial charge in [0.15, 0.2) is 0 Å². The van der Waals surface area contributed by atoms with Crippen LogP contribution in [0.25, 0.3) is 0 Å². The second-order valence-corrected chi connectivity index (χ2v) is 7.29. The molecule has 1 aromatic rings. The van der Waals surface area contributed by atoms with Crippen molar-refractivity contribution in [3.8, 4) is 0 Å². The van der Waals surface area contributed by atoms with Crippen LogP contribution in [0, 0.1) is 0 Å². The Hall–Kier alpha value is -0.290. The van der Waals surface area contributed by atoms with Crippen LogP contribution in [0.3, 0.4) is 0 Å². The first-order valence-corrected chi connectivity index (χ1v) is 8.39. The summed E-state index contributed by atoms with van der Waals surface area (Å²) < 4.78 is 4.44. The fraction of sp³-hybridized carbons (Fsp3) is 0.833. The highest BCUT2D eigenvalue weighted by Gasteiger charge is 2.29. The number of nitrogens with zero attached hydrogens (tertiary/aromatic N) is 2. The Kier molecular flexibility index (Phi) is 3.56. The first-order chi connectivity index (χ1) is 8.35. The maximum Gasteiger partial charge on any atom is 0.202 e. The van der Waals surface area contributed by atoms with E-state index in [2.05, 4.69) is 33.4 Å². The van der Waals surface area contributed by atoms with Gasteiger partial charge in [-0.3, -0.25) is 0 Å². The minimum atomic E-state index is 0.624. The average molecular weight is 269 g/mol. The van der Waals surface area contributed by atoms with Gasteiger partial charge in [0.1, 0.15) is 5.82 Å². The third-order valence-corrected chi connectivity index (χ3v) is 5.39. The number of anilines is 1. The number of thioether (sulfide) groups is 1. The normalized spacial score (nSPS) is 28.5. The standard InChI is InChI=1S/C12H19N3S2/c1-2-16-10-6-5-9(7-10)13-12-14-11(15-17-12)8-3-4-8/h8-10H,2-7H2,1H3,(H,13,14,15). The topological polar surface area (TPSA) is 37.8 Å². The Labute approximate surface area is 111 Å². The average Bonchev–Trinajstić information content (AvgIpc) is 2.92. The molecule has 2 unspecified atom stereocenters. The molecule has 1 heterocycles. The fourth-order valence-electron chi connectivity index (χ4n) is 2.43. The maximum atomic E-state index is 4.60. The Morgan fingerprint density at radius 3 is 3.00 bits per heavy atom. The van der Waals surface area contributed by atoms with Gasteiger partial charge in [0.25, 0.3) is 0 Å². The van der Waals surface area contributed by atoms with E-state index in [4.69, 9.17) is 0 Å². The molecular weight excluding hydrogens is 250 g/mol. The summed E-state index contributed by atoms with van der Waals surface area (Å²) in [6.45, 7) is 2.25. The van der Waals surface area contributed by atoms with Crippen LogP contribution in [-0.4, -0.2) is 26.4 Å². The molecule has 94 valence electrons. The molecule has 0 aliphatic heterocycles. The summed E-state index contributed by atoms with van der Waals surface area (Å²) >= 11 is 3.64. The second-order valence-electron chi connectivity index (χ2n) is 4.96. The van der Waals surface area contributed by atoms with Crippen LogP contribution in [-0.2, 0) is 0 Å². The van der Waals surface area contributed by atoms with E-state index in [0.717, 1.165) is 16.2 Å². The van der Waals surface area contributed by atoms with Crippen molar-refractivity contribution in [1.82, 2.24) is 9.36 Å². The van der Waals surface area contributed by atoms with Crippen LogP contribution in [0.5, 0.6) is 0 Å². The monoisotopic (exact) mass is 269 g/mol. The van der Waals surface area contributed by atoms with Gasteiger partial charge in [-0.25, -0.2) is 4.98 Å². The van der Waals surface area contributed by atoms with Gasteiger partial charge in [-0.1, -0.05) is 6.92 Å². The van der Waals surface area contributed by atoms with E-state index in [1.54, 1.807) is 11.5 Å². The molecule has 0 aromatic carbocycles. The number of nitrogens with one attached hydrogen (secondary N) is 1. The molecule has 3 rings (SSSR count). The zero-order valence-corrected chi connectivity index (χ0v) is 11.8. The van der Waals surface area contributed by atoms with Crippen LogP contribution in [0.2, 0.25) is 0 Å². The highest BCUT2D eigenvalue weighted by Crippen LogP contribution is 2.39. The Morgan fingerprint density at radius 2 is 2.24 bits per heavy atom.